The fourth-order valence-electron chi connectivity index (χ4n) is 1.19. The van der Waals surface area contributed by atoms with E-state index in [2.05, 4.69) is 10.1 Å². The number of carbonyl (C=O) groups excluding carboxylic acids is 1. The van der Waals surface area contributed by atoms with E-state index < -0.39 is 23.8 Å². The zero-order valence-electron chi connectivity index (χ0n) is 11.6. The molecule has 1 aliphatic rings. The molecule has 118 valence electrons. The number of nitrogens with one attached hydrogen (secondary N) is 1. The van der Waals surface area contributed by atoms with E-state index in [1.807, 2.05) is 0 Å². The van der Waals surface area contributed by atoms with E-state index in [1.54, 1.807) is 0 Å². The van der Waals surface area contributed by atoms with Crippen LogP contribution >= 0.6 is 0 Å². The number of rotatable bonds is 0. The van der Waals surface area contributed by atoms with E-state index in [0.29, 0.717) is 13.1 Å². The van der Waals surface area contributed by atoms with E-state index in [9.17, 15) is 22.8 Å². The molecular formula is C11H19F3N2O4. The first-order chi connectivity index (χ1) is 8.93. The quantitative estimate of drug-likeness (QED) is 0.662. The molecule has 1 heterocycles. The highest BCUT2D eigenvalue weighted by Gasteiger charge is 2.42. The van der Waals surface area contributed by atoms with Gasteiger partial charge in [-0.25, -0.2) is 9.59 Å². The van der Waals surface area contributed by atoms with Gasteiger partial charge >= 0.3 is 18.2 Å². The van der Waals surface area contributed by atoms with Crippen LogP contribution < -0.4 is 5.32 Å². The molecule has 0 bridgehead atoms. The van der Waals surface area contributed by atoms with E-state index in [4.69, 9.17) is 5.11 Å². The van der Waals surface area contributed by atoms with Crippen molar-refractivity contribution in [3.8, 4) is 0 Å². The molecule has 0 aromatic heterocycles. The molecule has 0 atom stereocenters. The lowest BCUT2D eigenvalue weighted by molar-refractivity contribution is -0.210. The van der Waals surface area contributed by atoms with Gasteiger partial charge < -0.3 is 20.1 Å². The second kappa shape index (κ2) is 7.32. The van der Waals surface area contributed by atoms with Crippen LogP contribution in [0.4, 0.5) is 18.0 Å². The number of amides is 1. The summed E-state index contributed by atoms with van der Waals surface area (Å²) in [4.78, 5) is 21.8. The highest BCUT2D eigenvalue weighted by Crippen LogP contribution is 2.20. The van der Waals surface area contributed by atoms with Gasteiger partial charge in [-0.2, -0.15) is 13.2 Å². The Hall–Kier alpha value is -1.51. The molecule has 6 nitrogen and oxygen atoms in total. The van der Waals surface area contributed by atoms with Crippen LogP contribution in [0.5, 0.6) is 0 Å². The molecule has 0 aromatic rings. The Morgan fingerprint density at radius 2 is 1.60 bits per heavy atom. The van der Waals surface area contributed by atoms with E-state index in [1.165, 1.54) is 25.7 Å². The molecule has 0 aromatic carbocycles. The Labute approximate surface area is 114 Å². The summed E-state index contributed by atoms with van der Waals surface area (Å²) in [6.45, 7) is 6.92. The largest absolute Gasteiger partial charge is 0.490 e. The third-order valence-electron chi connectivity index (χ3n) is 2.02. The molecule has 1 fully saturated rings. The lowest BCUT2D eigenvalue weighted by atomic mass is 10.2. The molecule has 9 heteroatoms. The van der Waals surface area contributed by atoms with Crippen molar-refractivity contribution >= 4 is 12.1 Å². The number of hydrogen-bond acceptors (Lipinski definition) is 4. The third kappa shape index (κ3) is 8.57. The van der Waals surface area contributed by atoms with Crippen molar-refractivity contribution < 1.29 is 32.6 Å². The first-order valence-electron chi connectivity index (χ1n) is 5.92. The number of carbonyl (C=O) groups is 2. The Bertz CT molecular complexity index is 334. The molecule has 2 N–H and O–H groups in total. The minimum atomic E-state index is -4.90. The average molecular weight is 300 g/mol. The molecule has 1 aliphatic heterocycles. The van der Waals surface area contributed by atoms with Crippen LogP contribution in [0, 0.1) is 0 Å². The SMILES string of the molecule is CC(C)(C)OC(=O)C(F)(F)F.O=C(O)N1CCNCC1. The second-order valence-electron chi connectivity index (χ2n) is 5.02. The molecule has 0 saturated carbocycles. The van der Waals surface area contributed by atoms with Gasteiger partial charge in [-0.3, -0.25) is 0 Å². The number of carboxylic acid groups (broad SMARTS) is 1. The predicted molar refractivity (Wildman–Crippen MR) is 64.4 cm³/mol. The van der Waals surface area contributed by atoms with Crippen molar-refractivity contribution in [3.63, 3.8) is 0 Å². The molecular weight excluding hydrogens is 281 g/mol. The maximum Gasteiger partial charge on any atom is 0.490 e. The van der Waals surface area contributed by atoms with E-state index in [0.717, 1.165) is 13.1 Å². The highest BCUT2D eigenvalue weighted by atomic mass is 19.4. The minimum absolute atomic E-state index is 0.620. The maximum atomic E-state index is 11.5. The molecule has 0 aliphatic carbocycles. The zero-order valence-corrected chi connectivity index (χ0v) is 11.6. The third-order valence-corrected chi connectivity index (χ3v) is 2.02. The van der Waals surface area contributed by atoms with Crippen LogP contribution in [-0.4, -0.2) is 60.0 Å². The summed E-state index contributed by atoms with van der Waals surface area (Å²) in [7, 11) is 0. The predicted octanol–water partition coefficient (Wildman–Crippen LogP) is 1.46. The van der Waals surface area contributed by atoms with Crippen molar-refractivity contribution in [1.82, 2.24) is 10.2 Å². The van der Waals surface area contributed by atoms with Gasteiger partial charge in [0.2, 0.25) is 0 Å². The number of piperazine rings is 1. The average Bonchev–Trinajstić information content (AvgIpc) is 2.27. The summed E-state index contributed by atoms with van der Waals surface area (Å²) in [5, 5.41) is 11.5. The van der Waals surface area contributed by atoms with Crippen LogP contribution in [0.1, 0.15) is 20.8 Å². The van der Waals surface area contributed by atoms with Gasteiger partial charge in [0, 0.05) is 26.2 Å². The molecule has 1 rings (SSSR count). The topological polar surface area (TPSA) is 78.9 Å². The van der Waals surface area contributed by atoms with Crippen molar-refractivity contribution in [2.45, 2.75) is 32.5 Å². The van der Waals surface area contributed by atoms with Crippen molar-refractivity contribution in [3.05, 3.63) is 0 Å². The number of esters is 1. The van der Waals surface area contributed by atoms with Crippen molar-refractivity contribution in [2.24, 2.45) is 0 Å². The minimum Gasteiger partial charge on any atom is -0.465 e. The van der Waals surface area contributed by atoms with Crippen molar-refractivity contribution in [1.29, 1.82) is 0 Å². The number of alkyl halides is 3. The van der Waals surface area contributed by atoms with Crippen molar-refractivity contribution in [2.75, 3.05) is 26.2 Å². The Morgan fingerprint density at radius 1 is 1.15 bits per heavy atom. The Balaban J connectivity index is 0.000000367. The van der Waals surface area contributed by atoms with Crippen LogP contribution in [0.2, 0.25) is 0 Å². The fourth-order valence-corrected chi connectivity index (χ4v) is 1.19. The monoisotopic (exact) mass is 300 g/mol. The molecule has 1 amide bonds. The van der Waals surface area contributed by atoms with Gasteiger partial charge in [-0.05, 0) is 20.8 Å². The summed E-state index contributed by atoms with van der Waals surface area (Å²) in [5.41, 5.74) is -1.09. The number of halogens is 3. The van der Waals surface area contributed by atoms with Gasteiger partial charge in [0.05, 0.1) is 0 Å². The van der Waals surface area contributed by atoms with Crippen LogP contribution in [0.15, 0.2) is 0 Å². The normalized spacial score (nSPS) is 16.0. The van der Waals surface area contributed by atoms with Crippen LogP contribution in [0.25, 0.3) is 0 Å². The van der Waals surface area contributed by atoms with Gasteiger partial charge in [0.1, 0.15) is 5.60 Å². The number of hydrogen-bond donors (Lipinski definition) is 2. The fraction of sp³-hybridized carbons (Fsp3) is 0.818. The first-order valence-corrected chi connectivity index (χ1v) is 5.92. The highest BCUT2D eigenvalue weighted by molar-refractivity contribution is 5.75. The Morgan fingerprint density at radius 3 is 1.80 bits per heavy atom. The smallest absolute Gasteiger partial charge is 0.465 e. The summed E-state index contributed by atoms with van der Waals surface area (Å²) < 4.78 is 38.6. The molecule has 0 unspecified atom stereocenters. The summed E-state index contributed by atoms with van der Waals surface area (Å²) in [6, 6.07) is 0. The molecule has 0 spiro atoms. The summed E-state index contributed by atoms with van der Waals surface area (Å²) in [5.74, 6) is -2.15. The summed E-state index contributed by atoms with van der Waals surface area (Å²) >= 11 is 0. The maximum absolute atomic E-state index is 11.5. The Kier molecular flexibility index (Phi) is 6.77. The van der Waals surface area contributed by atoms with Gasteiger partial charge in [0.25, 0.3) is 0 Å². The molecule has 20 heavy (non-hydrogen) atoms. The lowest BCUT2D eigenvalue weighted by Gasteiger charge is -2.23. The molecule has 0 radical (unpaired) electrons. The van der Waals surface area contributed by atoms with E-state index >= 15 is 0 Å². The van der Waals surface area contributed by atoms with Gasteiger partial charge in [0.15, 0.2) is 0 Å². The summed E-state index contributed by atoms with van der Waals surface area (Å²) in [6.07, 6.45) is -5.70. The van der Waals surface area contributed by atoms with E-state index in [-0.39, 0.29) is 0 Å². The van der Waals surface area contributed by atoms with Crippen LogP contribution in [-0.2, 0) is 9.53 Å². The second-order valence-corrected chi connectivity index (χ2v) is 5.02. The molecule has 1 saturated heterocycles. The van der Waals surface area contributed by atoms with Gasteiger partial charge in [-0.1, -0.05) is 0 Å². The first kappa shape index (κ1) is 18.5. The van der Waals surface area contributed by atoms with Crippen LogP contribution in [0.3, 0.4) is 0 Å². The standard InChI is InChI=1S/C6H9F3O2.C5H10N2O2/c1-5(2,3)11-4(10)6(7,8)9;8-5(9)7-3-1-6-2-4-7/h1-3H3;6H,1-4H2,(H,8,9). The lowest BCUT2D eigenvalue weighted by Crippen LogP contribution is -2.45. The number of nitrogens with zero attached hydrogens (tertiary/aromatic N) is 1. The number of ether oxygens (including phenoxy) is 1. The van der Waals surface area contributed by atoms with Gasteiger partial charge in [-0.15, -0.1) is 0 Å². The zero-order chi connectivity index (χ0) is 16.0.